The molecule has 16 heavy (non-hydrogen) atoms. The van der Waals surface area contributed by atoms with E-state index in [-0.39, 0.29) is 5.41 Å². The van der Waals surface area contributed by atoms with E-state index in [2.05, 4.69) is 0 Å². The Morgan fingerprint density at radius 3 is 2.38 bits per heavy atom. The number of hydrogen-bond acceptors (Lipinski definition) is 3. The molecule has 0 heterocycles. The maximum Gasteiger partial charge on any atom is 0.321 e. The van der Waals surface area contributed by atoms with Gasteiger partial charge in [-0.15, -0.1) is 0 Å². The number of methoxy groups -OCH3 is 1. The van der Waals surface area contributed by atoms with Crippen molar-refractivity contribution in [2.75, 3.05) is 7.11 Å². The van der Waals surface area contributed by atoms with Gasteiger partial charge in [0.15, 0.2) is 0 Å². The summed E-state index contributed by atoms with van der Waals surface area (Å²) < 4.78 is 5.06. The second kappa shape index (κ2) is 3.79. The normalized spacial score (nSPS) is 18.9. The maximum absolute atomic E-state index is 10.9. The molecule has 1 fully saturated rings. The Hall–Kier alpha value is -1.55. The number of nitrogens with two attached hydrogens (primary N) is 1. The lowest BCUT2D eigenvalue weighted by Gasteiger charge is -2.20. The molecule has 0 saturated heterocycles. The minimum Gasteiger partial charge on any atom is -0.497 e. The summed E-state index contributed by atoms with van der Waals surface area (Å²) in [6, 6.07) is 6.65. The Morgan fingerprint density at radius 1 is 1.44 bits per heavy atom. The largest absolute Gasteiger partial charge is 0.497 e. The van der Waals surface area contributed by atoms with Crippen LogP contribution in [-0.4, -0.2) is 24.2 Å². The zero-order valence-electron chi connectivity index (χ0n) is 9.14. The molecule has 4 nitrogen and oxygen atoms in total. The van der Waals surface area contributed by atoms with Crippen LogP contribution in [0.25, 0.3) is 0 Å². The summed E-state index contributed by atoms with van der Waals surface area (Å²) in [6.07, 6.45) is 1.68. The molecular formula is C12H15NO3. The second-order valence-electron chi connectivity index (χ2n) is 4.20. The van der Waals surface area contributed by atoms with Gasteiger partial charge in [0.05, 0.1) is 7.11 Å². The molecule has 1 aliphatic rings. The van der Waals surface area contributed by atoms with E-state index in [4.69, 9.17) is 15.6 Å². The lowest BCUT2D eigenvalue weighted by molar-refractivity contribution is -0.139. The third-order valence-corrected chi connectivity index (χ3v) is 3.31. The van der Waals surface area contributed by atoms with Crippen LogP contribution in [0.3, 0.4) is 0 Å². The van der Waals surface area contributed by atoms with Gasteiger partial charge in [-0.1, -0.05) is 12.1 Å². The minimum atomic E-state index is -0.937. The fourth-order valence-corrected chi connectivity index (χ4v) is 2.07. The van der Waals surface area contributed by atoms with E-state index in [1.54, 1.807) is 7.11 Å². The number of ether oxygens (including phenoxy) is 1. The van der Waals surface area contributed by atoms with Crippen molar-refractivity contribution in [2.45, 2.75) is 24.3 Å². The molecule has 1 aromatic carbocycles. The van der Waals surface area contributed by atoms with Crippen LogP contribution >= 0.6 is 0 Å². The molecule has 0 spiro atoms. The molecule has 0 amide bonds. The number of carboxylic acid groups (broad SMARTS) is 1. The molecule has 0 bridgehead atoms. The summed E-state index contributed by atoms with van der Waals surface area (Å²) >= 11 is 0. The highest BCUT2D eigenvalue weighted by Crippen LogP contribution is 2.50. The number of benzene rings is 1. The first-order chi connectivity index (χ1) is 7.60. The highest BCUT2D eigenvalue weighted by molar-refractivity contribution is 5.77. The van der Waals surface area contributed by atoms with Crippen LogP contribution in [0, 0.1) is 0 Å². The molecule has 1 unspecified atom stereocenters. The summed E-state index contributed by atoms with van der Waals surface area (Å²) in [5.74, 6) is -0.170. The molecule has 1 aliphatic carbocycles. The van der Waals surface area contributed by atoms with Crippen molar-refractivity contribution in [1.29, 1.82) is 0 Å². The summed E-state index contributed by atoms with van der Waals surface area (Å²) in [5.41, 5.74) is 6.35. The van der Waals surface area contributed by atoms with Crippen LogP contribution in [-0.2, 0) is 10.2 Å². The van der Waals surface area contributed by atoms with Crippen LogP contribution in [0.4, 0.5) is 0 Å². The number of rotatable bonds is 4. The van der Waals surface area contributed by atoms with Crippen LogP contribution in [0.1, 0.15) is 18.4 Å². The van der Waals surface area contributed by atoms with Gasteiger partial charge in [-0.2, -0.15) is 0 Å². The predicted octanol–water partition coefficient (Wildman–Crippen LogP) is 1.14. The van der Waals surface area contributed by atoms with E-state index in [0.717, 1.165) is 24.2 Å². The number of aliphatic carboxylic acids is 1. The molecule has 4 heteroatoms. The van der Waals surface area contributed by atoms with Gasteiger partial charge in [0.2, 0.25) is 0 Å². The summed E-state index contributed by atoms with van der Waals surface area (Å²) in [4.78, 5) is 10.9. The minimum absolute atomic E-state index is 0.363. The molecular weight excluding hydrogens is 206 g/mol. The Kier molecular flexibility index (Phi) is 2.59. The van der Waals surface area contributed by atoms with Crippen molar-refractivity contribution in [1.82, 2.24) is 0 Å². The topological polar surface area (TPSA) is 72.5 Å². The monoisotopic (exact) mass is 221 g/mol. The van der Waals surface area contributed by atoms with Crippen LogP contribution in [0.2, 0.25) is 0 Å². The summed E-state index contributed by atoms with van der Waals surface area (Å²) in [7, 11) is 1.60. The van der Waals surface area contributed by atoms with Crippen molar-refractivity contribution < 1.29 is 14.6 Å². The van der Waals surface area contributed by atoms with Gasteiger partial charge < -0.3 is 15.6 Å². The van der Waals surface area contributed by atoms with Crippen molar-refractivity contribution >= 4 is 5.97 Å². The molecule has 3 N–H and O–H groups in total. The Bertz CT molecular complexity index is 395. The van der Waals surface area contributed by atoms with Crippen molar-refractivity contribution in [3.05, 3.63) is 29.8 Å². The van der Waals surface area contributed by atoms with E-state index in [0.29, 0.717) is 0 Å². The van der Waals surface area contributed by atoms with Crippen molar-refractivity contribution in [3.8, 4) is 5.75 Å². The summed E-state index contributed by atoms with van der Waals surface area (Å²) in [6.45, 7) is 0. The highest BCUT2D eigenvalue weighted by atomic mass is 16.5. The van der Waals surface area contributed by atoms with Crippen LogP contribution in [0.5, 0.6) is 5.75 Å². The smallest absolute Gasteiger partial charge is 0.321 e. The molecule has 0 aliphatic heterocycles. The first-order valence-corrected chi connectivity index (χ1v) is 5.23. The van der Waals surface area contributed by atoms with Gasteiger partial charge in [-0.3, -0.25) is 4.79 Å². The molecule has 86 valence electrons. The molecule has 1 aromatic rings. The molecule has 1 atom stereocenters. The standard InChI is InChI=1S/C12H15NO3/c1-16-9-4-2-8(3-5-9)12(6-7-12)10(13)11(14)15/h2-5,10H,6-7,13H2,1H3,(H,14,15). The predicted molar refractivity (Wildman–Crippen MR) is 59.5 cm³/mol. The number of carbonyl (C=O) groups is 1. The Balaban J connectivity index is 2.26. The van der Waals surface area contributed by atoms with Crippen LogP contribution < -0.4 is 10.5 Å². The van der Waals surface area contributed by atoms with E-state index >= 15 is 0 Å². The van der Waals surface area contributed by atoms with E-state index in [9.17, 15) is 4.79 Å². The lowest BCUT2D eigenvalue weighted by Crippen LogP contribution is -2.41. The third kappa shape index (κ3) is 1.65. The van der Waals surface area contributed by atoms with Gasteiger partial charge in [0, 0.05) is 5.41 Å². The zero-order chi connectivity index (χ0) is 11.8. The van der Waals surface area contributed by atoms with E-state index in [1.165, 1.54) is 0 Å². The first-order valence-electron chi connectivity index (χ1n) is 5.23. The maximum atomic E-state index is 10.9. The highest BCUT2D eigenvalue weighted by Gasteiger charge is 2.52. The van der Waals surface area contributed by atoms with E-state index in [1.807, 2.05) is 24.3 Å². The van der Waals surface area contributed by atoms with Gasteiger partial charge in [-0.05, 0) is 30.5 Å². The second-order valence-corrected chi connectivity index (χ2v) is 4.20. The first kappa shape index (κ1) is 11.0. The van der Waals surface area contributed by atoms with Gasteiger partial charge >= 0.3 is 5.97 Å². The molecule has 1 saturated carbocycles. The van der Waals surface area contributed by atoms with Crippen molar-refractivity contribution in [2.24, 2.45) is 5.73 Å². The van der Waals surface area contributed by atoms with Crippen molar-refractivity contribution in [3.63, 3.8) is 0 Å². The molecule has 0 radical (unpaired) electrons. The van der Waals surface area contributed by atoms with Crippen LogP contribution in [0.15, 0.2) is 24.3 Å². The fourth-order valence-electron chi connectivity index (χ4n) is 2.07. The number of hydrogen-bond donors (Lipinski definition) is 2. The van der Waals surface area contributed by atoms with Gasteiger partial charge in [0.25, 0.3) is 0 Å². The zero-order valence-corrected chi connectivity index (χ0v) is 9.14. The average molecular weight is 221 g/mol. The summed E-state index contributed by atoms with van der Waals surface area (Å²) in [5, 5.41) is 8.97. The Labute approximate surface area is 94.0 Å². The molecule has 2 rings (SSSR count). The lowest BCUT2D eigenvalue weighted by atomic mass is 9.88. The Morgan fingerprint density at radius 2 is 2.00 bits per heavy atom. The molecule has 0 aromatic heterocycles. The average Bonchev–Trinajstić information content (AvgIpc) is 3.09. The number of carboxylic acids is 1. The van der Waals surface area contributed by atoms with E-state index < -0.39 is 12.0 Å². The quantitative estimate of drug-likeness (QED) is 0.799. The third-order valence-electron chi connectivity index (χ3n) is 3.31. The van der Waals surface area contributed by atoms with Gasteiger partial charge in [-0.25, -0.2) is 0 Å². The van der Waals surface area contributed by atoms with Gasteiger partial charge in [0.1, 0.15) is 11.8 Å². The fraction of sp³-hybridized carbons (Fsp3) is 0.417. The SMILES string of the molecule is COc1ccc(C2(C(N)C(=O)O)CC2)cc1.